The summed E-state index contributed by atoms with van der Waals surface area (Å²) in [6.45, 7) is 16.3. The molecule has 24 heavy (non-hydrogen) atoms. The Labute approximate surface area is 145 Å². The molecule has 128 valence electrons. The number of carboxylic acids is 1. The summed E-state index contributed by atoms with van der Waals surface area (Å²) in [5.74, 6) is 2.35. The van der Waals surface area contributed by atoms with Crippen LogP contribution in [0.25, 0.3) is 0 Å². The first-order valence-electron chi connectivity index (χ1n) is 8.61. The fraction of sp³-hybridized carbons (Fsp3) is 0.409. The van der Waals surface area contributed by atoms with Crippen LogP contribution in [0, 0.1) is 37.5 Å². The summed E-state index contributed by atoms with van der Waals surface area (Å²) in [6, 6.07) is 5.30. The van der Waals surface area contributed by atoms with Crippen LogP contribution in [-0.2, 0) is 0 Å². The van der Waals surface area contributed by atoms with Gasteiger partial charge in [0.05, 0.1) is 5.56 Å². The van der Waals surface area contributed by atoms with Gasteiger partial charge in [0.2, 0.25) is 0 Å². The zero-order valence-electron chi connectivity index (χ0n) is 15.2. The molecule has 1 aromatic carbocycles. The molecule has 0 spiro atoms. The van der Waals surface area contributed by atoms with Gasteiger partial charge in [0, 0.05) is 0 Å². The van der Waals surface area contributed by atoms with E-state index in [0.29, 0.717) is 5.56 Å². The molecule has 4 atom stereocenters. The van der Waals surface area contributed by atoms with Gasteiger partial charge in [0.15, 0.2) is 0 Å². The van der Waals surface area contributed by atoms with Crippen molar-refractivity contribution in [2.24, 2.45) is 23.7 Å². The lowest BCUT2D eigenvalue weighted by Gasteiger charge is -2.27. The first kappa shape index (κ1) is 18.3. The summed E-state index contributed by atoms with van der Waals surface area (Å²) in [5.41, 5.74) is 5.25. The summed E-state index contributed by atoms with van der Waals surface area (Å²) in [5, 5.41) is 8.66. The number of aryl methyl sites for hydroxylation is 2. The van der Waals surface area contributed by atoms with Gasteiger partial charge in [0.25, 0.3) is 0 Å². The number of rotatable bonds is 3. The molecule has 3 rings (SSSR count). The normalized spacial score (nSPS) is 27.5. The highest BCUT2D eigenvalue weighted by atomic mass is 16.4. The highest BCUT2D eigenvalue weighted by molar-refractivity contribution is 5.89. The summed E-state index contributed by atoms with van der Waals surface area (Å²) < 4.78 is 0. The highest BCUT2D eigenvalue weighted by Crippen LogP contribution is 2.55. The lowest BCUT2D eigenvalue weighted by atomic mass is 9.78. The van der Waals surface area contributed by atoms with Gasteiger partial charge in [-0.3, -0.25) is 0 Å². The van der Waals surface area contributed by atoms with Crippen LogP contribution in [0.15, 0.2) is 54.7 Å². The Bertz CT molecular complexity index is 668. The quantitative estimate of drug-likeness (QED) is 0.788. The van der Waals surface area contributed by atoms with E-state index >= 15 is 0 Å². The molecule has 1 saturated carbocycles. The molecule has 2 nitrogen and oxygen atoms in total. The Kier molecular flexibility index (Phi) is 5.48. The molecule has 2 bridgehead atoms. The number of hydrogen-bond donors (Lipinski definition) is 1. The molecule has 0 aromatic heterocycles. The minimum absolute atomic E-state index is 0.385. The Morgan fingerprint density at radius 1 is 1.08 bits per heavy atom. The predicted octanol–water partition coefficient (Wildman–Crippen LogP) is 5.58. The maximum atomic E-state index is 10.5. The monoisotopic (exact) mass is 324 g/mol. The second-order valence-electron chi connectivity index (χ2n) is 7.11. The van der Waals surface area contributed by atoms with E-state index in [2.05, 4.69) is 27.0 Å². The van der Waals surface area contributed by atoms with E-state index in [0.717, 1.165) is 34.8 Å². The zero-order chi connectivity index (χ0) is 18.0. The van der Waals surface area contributed by atoms with E-state index in [1.807, 2.05) is 25.1 Å². The third kappa shape index (κ3) is 3.24. The average molecular weight is 324 g/mol. The van der Waals surface area contributed by atoms with Crippen LogP contribution in [0.2, 0.25) is 0 Å². The van der Waals surface area contributed by atoms with Crippen molar-refractivity contribution in [3.8, 4) is 0 Å². The number of allylic oxidation sites excluding steroid dienone is 4. The third-order valence-electron chi connectivity index (χ3n) is 5.79. The number of hydrogen-bond acceptors (Lipinski definition) is 1. The highest BCUT2D eigenvalue weighted by Gasteiger charge is 2.46. The van der Waals surface area contributed by atoms with E-state index in [4.69, 9.17) is 5.11 Å². The maximum absolute atomic E-state index is 10.5. The van der Waals surface area contributed by atoms with Crippen molar-refractivity contribution in [2.75, 3.05) is 0 Å². The van der Waals surface area contributed by atoms with Crippen molar-refractivity contribution in [1.82, 2.24) is 0 Å². The third-order valence-corrected chi connectivity index (χ3v) is 5.79. The predicted molar refractivity (Wildman–Crippen MR) is 100 cm³/mol. The summed E-state index contributed by atoms with van der Waals surface area (Å²) in [7, 11) is 0. The van der Waals surface area contributed by atoms with Gasteiger partial charge in [0.1, 0.15) is 0 Å². The largest absolute Gasteiger partial charge is 0.478 e. The summed E-state index contributed by atoms with van der Waals surface area (Å²) in [6.07, 6.45) is 5.43. The van der Waals surface area contributed by atoms with Gasteiger partial charge in [-0.2, -0.15) is 0 Å². The minimum atomic E-state index is -0.859. The second-order valence-corrected chi connectivity index (χ2v) is 7.11. The molecule has 0 heterocycles. The fourth-order valence-corrected chi connectivity index (χ4v) is 4.28. The van der Waals surface area contributed by atoms with Crippen LogP contribution in [0.1, 0.15) is 41.8 Å². The second kappa shape index (κ2) is 7.21. The van der Waals surface area contributed by atoms with Crippen molar-refractivity contribution >= 4 is 5.97 Å². The Morgan fingerprint density at radius 2 is 1.58 bits per heavy atom. The number of aromatic carboxylic acids is 1. The number of carboxylic acid groups (broad SMARTS) is 1. The van der Waals surface area contributed by atoms with Crippen LogP contribution >= 0.6 is 0 Å². The van der Waals surface area contributed by atoms with Gasteiger partial charge in [-0.05, 0) is 66.7 Å². The first-order chi connectivity index (χ1) is 11.3. The first-order valence-corrected chi connectivity index (χ1v) is 8.61. The zero-order valence-corrected chi connectivity index (χ0v) is 15.2. The van der Waals surface area contributed by atoms with E-state index < -0.39 is 5.97 Å². The lowest BCUT2D eigenvalue weighted by Crippen LogP contribution is -2.18. The molecule has 0 amide bonds. The molecule has 2 aliphatic carbocycles. The van der Waals surface area contributed by atoms with Crippen LogP contribution < -0.4 is 0 Å². The summed E-state index contributed by atoms with van der Waals surface area (Å²) in [4.78, 5) is 10.5. The average Bonchev–Trinajstić information content (AvgIpc) is 3.03. The molecule has 4 unspecified atom stereocenters. The molecule has 2 aliphatic rings. The van der Waals surface area contributed by atoms with E-state index in [1.165, 1.54) is 17.6 Å². The van der Waals surface area contributed by atoms with Crippen molar-refractivity contribution in [1.29, 1.82) is 0 Å². The Morgan fingerprint density at radius 3 is 1.96 bits per heavy atom. The molecular weight excluding hydrogens is 296 g/mol. The fourth-order valence-electron chi connectivity index (χ4n) is 4.28. The molecule has 0 saturated heterocycles. The van der Waals surface area contributed by atoms with E-state index in [1.54, 1.807) is 19.1 Å². The van der Waals surface area contributed by atoms with Crippen molar-refractivity contribution in [3.05, 3.63) is 71.3 Å². The number of fused-ring (bicyclic) bond motifs is 2. The van der Waals surface area contributed by atoms with Crippen molar-refractivity contribution in [2.45, 2.75) is 34.1 Å². The molecule has 0 aliphatic heterocycles. The van der Waals surface area contributed by atoms with Gasteiger partial charge >= 0.3 is 5.97 Å². The molecule has 0 radical (unpaired) electrons. The molecule has 1 N–H and O–H groups in total. The van der Waals surface area contributed by atoms with E-state index in [-0.39, 0.29) is 0 Å². The van der Waals surface area contributed by atoms with Crippen LogP contribution in [0.5, 0.6) is 0 Å². The number of benzene rings is 1. The lowest BCUT2D eigenvalue weighted by molar-refractivity contribution is 0.0696. The van der Waals surface area contributed by atoms with Crippen LogP contribution in [0.4, 0.5) is 0 Å². The van der Waals surface area contributed by atoms with Crippen LogP contribution in [-0.4, -0.2) is 11.1 Å². The van der Waals surface area contributed by atoms with Gasteiger partial charge in [-0.1, -0.05) is 56.9 Å². The smallest absolute Gasteiger partial charge is 0.335 e. The number of carbonyl (C=O) groups is 1. The van der Waals surface area contributed by atoms with Crippen LogP contribution in [0.3, 0.4) is 0 Å². The standard InChI is InChI=1S/C13H18.C9H10O2/c1-5-10-11(6-2)13-7-12(10)8(3)9(13)4;1-6-3-4-8(9(10)11)7(2)5-6/h5-6,8-9,12-13H,1-2,7H2,3-4H3;3-5H,1-2H3,(H,10,11). The molecule has 1 fully saturated rings. The van der Waals surface area contributed by atoms with Gasteiger partial charge in [-0.15, -0.1) is 0 Å². The maximum Gasteiger partial charge on any atom is 0.335 e. The molecule has 1 aromatic rings. The SMILES string of the molecule is C=CC1=C(C=C)C2CC1C(C)C2C.Cc1ccc(C(=O)O)c(C)c1. The Balaban J connectivity index is 0.000000177. The van der Waals surface area contributed by atoms with E-state index in [9.17, 15) is 4.79 Å². The minimum Gasteiger partial charge on any atom is -0.478 e. The topological polar surface area (TPSA) is 37.3 Å². The van der Waals surface area contributed by atoms with Gasteiger partial charge < -0.3 is 5.11 Å². The molecule has 2 heteroatoms. The Hall–Kier alpha value is -2.09. The molecular formula is C22H28O2. The van der Waals surface area contributed by atoms with Gasteiger partial charge in [-0.25, -0.2) is 4.79 Å². The summed E-state index contributed by atoms with van der Waals surface area (Å²) >= 11 is 0. The van der Waals surface area contributed by atoms with Crippen molar-refractivity contribution < 1.29 is 9.90 Å². The van der Waals surface area contributed by atoms with Crippen molar-refractivity contribution in [3.63, 3.8) is 0 Å².